The fourth-order valence-electron chi connectivity index (χ4n) is 1.45. The van der Waals surface area contributed by atoms with Gasteiger partial charge < -0.3 is 5.32 Å². The Morgan fingerprint density at radius 1 is 1.47 bits per heavy atom. The number of aryl methyl sites for hydroxylation is 1. The molecule has 2 aromatic rings. The fraction of sp³-hybridized carbons (Fsp3) is 0.250. The average molecular weight is 329 g/mol. The molecule has 2 nitrogen and oxygen atoms in total. The first-order valence-electron chi connectivity index (χ1n) is 5.22. The number of thiazole rings is 1. The van der Waals surface area contributed by atoms with Gasteiger partial charge in [0, 0.05) is 27.0 Å². The van der Waals surface area contributed by atoms with Crippen molar-refractivity contribution >= 4 is 39.0 Å². The third-order valence-corrected chi connectivity index (χ3v) is 4.85. The molecule has 1 aromatic heterocycles. The Bertz CT molecular complexity index is 511. The van der Waals surface area contributed by atoms with Gasteiger partial charge in [-0.15, -0.1) is 11.3 Å². The summed E-state index contributed by atoms with van der Waals surface area (Å²) in [5, 5.41) is 5.27. The molecule has 5 heteroatoms. The minimum atomic E-state index is 0.867. The molecular formula is C12H13BrN2S2. The summed E-state index contributed by atoms with van der Waals surface area (Å²) >= 11 is 6.93. The number of hydrogen-bond donors (Lipinski definition) is 1. The summed E-state index contributed by atoms with van der Waals surface area (Å²) in [5.74, 6) is 0. The predicted molar refractivity (Wildman–Crippen MR) is 77.9 cm³/mol. The molecule has 2 rings (SSSR count). The first-order valence-corrected chi connectivity index (χ1v) is 7.71. The standard InChI is InChI=1S/C12H13BrN2S2/c1-8-7-16-12(15-8)17-11-4-3-10(13)5-9(11)6-14-2/h3-5,7,14H,6H2,1-2H3. The summed E-state index contributed by atoms with van der Waals surface area (Å²) < 4.78 is 2.21. The van der Waals surface area contributed by atoms with Gasteiger partial charge >= 0.3 is 0 Å². The van der Waals surface area contributed by atoms with E-state index in [1.54, 1.807) is 23.1 Å². The topological polar surface area (TPSA) is 24.9 Å². The molecule has 90 valence electrons. The Morgan fingerprint density at radius 3 is 2.94 bits per heavy atom. The normalized spacial score (nSPS) is 10.8. The first kappa shape index (κ1) is 13.1. The van der Waals surface area contributed by atoms with Crippen LogP contribution in [0.4, 0.5) is 0 Å². The molecule has 0 aliphatic rings. The minimum absolute atomic E-state index is 0.867. The molecule has 1 N–H and O–H groups in total. The van der Waals surface area contributed by atoms with Crippen LogP contribution in [0, 0.1) is 6.92 Å². The largest absolute Gasteiger partial charge is 0.316 e. The molecule has 17 heavy (non-hydrogen) atoms. The summed E-state index contributed by atoms with van der Waals surface area (Å²) in [7, 11) is 1.96. The van der Waals surface area contributed by atoms with Crippen molar-refractivity contribution in [1.29, 1.82) is 0 Å². The maximum atomic E-state index is 4.48. The lowest BCUT2D eigenvalue weighted by atomic mass is 10.2. The van der Waals surface area contributed by atoms with E-state index in [0.717, 1.165) is 21.1 Å². The molecule has 0 aliphatic carbocycles. The van der Waals surface area contributed by atoms with Crippen molar-refractivity contribution in [3.8, 4) is 0 Å². The Hall–Kier alpha value is -0.360. The van der Waals surface area contributed by atoms with Crippen LogP contribution in [0.2, 0.25) is 0 Å². The van der Waals surface area contributed by atoms with Gasteiger partial charge in [-0.3, -0.25) is 0 Å². The van der Waals surface area contributed by atoms with Crippen LogP contribution in [0.3, 0.4) is 0 Å². The SMILES string of the molecule is CNCc1cc(Br)ccc1Sc1nc(C)cs1. The van der Waals surface area contributed by atoms with E-state index in [1.165, 1.54) is 10.5 Å². The number of hydrogen-bond acceptors (Lipinski definition) is 4. The van der Waals surface area contributed by atoms with Crippen LogP contribution in [-0.4, -0.2) is 12.0 Å². The number of benzene rings is 1. The van der Waals surface area contributed by atoms with E-state index in [-0.39, 0.29) is 0 Å². The molecule has 0 atom stereocenters. The Labute approximate surface area is 118 Å². The van der Waals surface area contributed by atoms with Gasteiger partial charge in [-0.25, -0.2) is 4.98 Å². The fourth-order valence-corrected chi connectivity index (χ4v) is 3.76. The number of halogens is 1. The molecule has 0 radical (unpaired) electrons. The molecule has 0 unspecified atom stereocenters. The van der Waals surface area contributed by atoms with Crippen LogP contribution in [0.25, 0.3) is 0 Å². The van der Waals surface area contributed by atoms with Crippen LogP contribution < -0.4 is 5.32 Å². The van der Waals surface area contributed by atoms with Crippen LogP contribution >= 0.6 is 39.0 Å². The Kier molecular flexibility index (Phi) is 4.62. The van der Waals surface area contributed by atoms with E-state index >= 15 is 0 Å². The highest BCUT2D eigenvalue weighted by Gasteiger charge is 2.07. The van der Waals surface area contributed by atoms with Crippen LogP contribution in [-0.2, 0) is 6.54 Å². The molecule has 0 spiro atoms. The van der Waals surface area contributed by atoms with E-state index in [0.29, 0.717) is 0 Å². The smallest absolute Gasteiger partial charge is 0.154 e. The monoisotopic (exact) mass is 328 g/mol. The number of rotatable bonds is 4. The van der Waals surface area contributed by atoms with Gasteiger partial charge in [0.25, 0.3) is 0 Å². The second-order valence-electron chi connectivity index (χ2n) is 3.64. The molecule has 1 heterocycles. The Morgan fingerprint density at radius 2 is 2.29 bits per heavy atom. The zero-order chi connectivity index (χ0) is 12.3. The van der Waals surface area contributed by atoms with Crippen LogP contribution in [0.15, 0.2) is 37.3 Å². The molecule has 0 aliphatic heterocycles. The molecule has 0 saturated heterocycles. The molecule has 0 bridgehead atoms. The summed E-state index contributed by atoms with van der Waals surface area (Å²) in [5.41, 5.74) is 2.38. The van der Waals surface area contributed by atoms with E-state index < -0.39 is 0 Å². The van der Waals surface area contributed by atoms with Gasteiger partial charge in [0.2, 0.25) is 0 Å². The van der Waals surface area contributed by atoms with Gasteiger partial charge in [0.05, 0.1) is 0 Å². The third-order valence-electron chi connectivity index (χ3n) is 2.18. The first-order chi connectivity index (χ1) is 8.19. The van der Waals surface area contributed by atoms with E-state index in [4.69, 9.17) is 0 Å². The van der Waals surface area contributed by atoms with Gasteiger partial charge in [-0.2, -0.15) is 0 Å². The van der Waals surface area contributed by atoms with Crippen molar-refractivity contribution in [3.63, 3.8) is 0 Å². The molecule has 1 aromatic carbocycles. The minimum Gasteiger partial charge on any atom is -0.316 e. The van der Waals surface area contributed by atoms with Gasteiger partial charge in [-0.1, -0.05) is 27.7 Å². The van der Waals surface area contributed by atoms with Crippen molar-refractivity contribution in [2.24, 2.45) is 0 Å². The van der Waals surface area contributed by atoms with Crippen molar-refractivity contribution in [2.75, 3.05) is 7.05 Å². The second-order valence-corrected chi connectivity index (χ2v) is 6.70. The van der Waals surface area contributed by atoms with Crippen molar-refractivity contribution < 1.29 is 0 Å². The number of nitrogens with zero attached hydrogens (tertiary/aromatic N) is 1. The van der Waals surface area contributed by atoms with E-state index in [1.807, 2.05) is 14.0 Å². The van der Waals surface area contributed by atoms with Crippen LogP contribution in [0.1, 0.15) is 11.3 Å². The number of nitrogens with one attached hydrogen (secondary N) is 1. The van der Waals surface area contributed by atoms with Gasteiger partial charge in [0.15, 0.2) is 4.34 Å². The Balaban J connectivity index is 2.25. The zero-order valence-corrected chi connectivity index (χ0v) is 12.9. The molecule has 0 amide bonds. The molecule has 0 fully saturated rings. The highest BCUT2D eigenvalue weighted by molar-refractivity contribution is 9.10. The lowest BCUT2D eigenvalue weighted by molar-refractivity contribution is 0.802. The summed E-state index contributed by atoms with van der Waals surface area (Å²) in [6.07, 6.45) is 0. The summed E-state index contributed by atoms with van der Waals surface area (Å²) in [6.45, 7) is 2.89. The maximum absolute atomic E-state index is 4.48. The highest BCUT2D eigenvalue weighted by Crippen LogP contribution is 2.33. The maximum Gasteiger partial charge on any atom is 0.154 e. The van der Waals surface area contributed by atoms with Gasteiger partial charge in [-0.05, 0) is 37.7 Å². The van der Waals surface area contributed by atoms with Crippen LogP contribution in [0.5, 0.6) is 0 Å². The predicted octanol–water partition coefficient (Wildman–Crippen LogP) is 4.08. The van der Waals surface area contributed by atoms with Crippen molar-refractivity contribution in [3.05, 3.63) is 39.3 Å². The average Bonchev–Trinajstić information content (AvgIpc) is 2.69. The van der Waals surface area contributed by atoms with Gasteiger partial charge in [0.1, 0.15) is 0 Å². The zero-order valence-electron chi connectivity index (χ0n) is 9.66. The highest BCUT2D eigenvalue weighted by atomic mass is 79.9. The summed E-state index contributed by atoms with van der Waals surface area (Å²) in [4.78, 5) is 5.74. The quantitative estimate of drug-likeness (QED) is 0.915. The third kappa shape index (κ3) is 3.55. The second kappa shape index (κ2) is 6.00. The van der Waals surface area contributed by atoms with Crippen molar-refractivity contribution in [1.82, 2.24) is 10.3 Å². The van der Waals surface area contributed by atoms with E-state index in [2.05, 4.69) is 49.8 Å². The molecule has 0 saturated carbocycles. The number of aromatic nitrogens is 1. The lowest BCUT2D eigenvalue weighted by Gasteiger charge is -2.07. The summed E-state index contributed by atoms with van der Waals surface area (Å²) in [6, 6.07) is 6.36. The molecular weight excluding hydrogens is 316 g/mol. The van der Waals surface area contributed by atoms with E-state index in [9.17, 15) is 0 Å². The lowest BCUT2D eigenvalue weighted by Crippen LogP contribution is -2.06. The van der Waals surface area contributed by atoms with Crippen molar-refractivity contribution in [2.45, 2.75) is 22.7 Å².